The number of hydrogen-bond acceptors (Lipinski definition) is 2. The summed E-state index contributed by atoms with van der Waals surface area (Å²) in [6.45, 7) is 4.24. The highest BCUT2D eigenvalue weighted by Gasteiger charge is 2.09. The zero-order valence-electron chi connectivity index (χ0n) is 11.7. The second-order valence-electron chi connectivity index (χ2n) is 4.58. The Hall–Kier alpha value is -1.56. The van der Waals surface area contributed by atoms with E-state index in [9.17, 15) is 9.59 Å². The van der Waals surface area contributed by atoms with Gasteiger partial charge >= 0.3 is 6.03 Å². The Labute approximate surface area is 127 Å². The molecular weight excluding hydrogens is 322 g/mol. The van der Waals surface area contributed by atoms with Gasteiger partial charge in [0.2, 0.25) is 5.91 Å². The van der Waals surface area contributed by atoms with E-state index >= 15 is 0 Å². The molecule has 0 saturated heterocycles. The number of amides is 3. The average Bonchev–Trinajstić information content (AvgIpc) is 2.37. The molecule has 3 amide bonds. The molecule has 1 rings (SSSR count). The van der Waals surface area contributed by atoms with Gasteiger partial charge in [-0.1, -0.05) is 34.1 Å². The first-order valence-corrected chi connectivity index (χ1v) is 7.30. The largest absolute Gasteiger partial charge is 0.355 e. The molecule has 6 heteroatoms. The third kappa shape index (κ3) is 6.56. The van der Waals surface area contributed by atoms with Crippen LogP contribution in [0.1, 0.15) is 19.4 Å². The van der Waals surface area contributed by atoms with Crippen LogP contribution >= 0.6 is 15.9 Å². The fraction of sp³-hybridized carbons (Fsp3) is 0.429. The van der Waals surface area contributed by atoms with E-state index in [0.717, 1.165) is 16.5 Å². The van der Waals surface area contributed by atoms with Crippen LogP contribution in [0.15, 0.2) is 28.7 Å². The van der Waals surface area contributed by atoms with Crippen LogP contribution in [-0.2, 0) is 11.2 Å². The third-order valence-electron chi connectivity index (χ3n) is 2.65. The summed E-state index contributed by atoms with van der Waals surface area (Å²) >= 11 is 3.49. The van der Waals surface area contributed by atoms with Crippen LogP contribution in [0.25, 0.3) is 0 Å². The zero-order valence-corrected chi connectivity index (χ0v) is 13.3. The molecule has 110 valence electrons. The van der Waals surface area contributed by atoms with Crippen molar-refractivity contribution in [1.29, 1.82) is 0 Å². The first-order chi connectivity index (χ1) is 9.49. The van der Waals surface area contributed by atoms with Gasteiger partial charge in [0.25, 0.3) is 0 Å². The number of carbonyl (C=O) groups excluding carboxylic acids is 2. The predicted molar refractivity (Wildman–Crippen MR) is 82.5 cm³/mol. The van der Waals surface area contributed by atoms with Crippen LogP contribution in [0, 0.1) is 0 Å². The van der Waals surface area contributed by atoms with Crippen LogP contribution in [0.2, 0.25) is 0 Å². The SMILES string of the molecule is CC(=O)NCCNC(=O)NC(C)Cc1ccccc1Br. The molecule has 20 heavy (non-hydrogen) atoms. The second-order valence-corrected chi connectivity index (χ2v) is 5.43. The molecule has 1 aromatic rings. The molecule has 0 aromatic heterocycles. The van der Waals surface area contributed by atoms with Gasteiger partial charge in [0.05, 0.1) is 0 Å². The van der Waals surface area contributed by atoms with E-state index in [-0.39, 0.29) is 18.0 Å². The molecule has 0 fully saturated rings. The van der Waals surface area contributed by atoms with Crippen LogP contribution in [0.4, 0.5) is 4.79 Å². The average molecular weight is 342 g/mol. The summed E-state index contributed by atoms with van der Waals surface area (Å²) < 4.78 is 1.04. The second kappa shape index (κ2) is 8.58. The van der Waals surface area contributed by atoms with Crippen LogP contribution < -0.4 is 16.0 Å². The van der Waals surface area contributed by atoms with Crippen molar-refractivity contribution in [2.75, 3.05) is 13.1 Å². The Morgan fingerprint density at radius 3 is 2.50 bits per heavy atom. The Balaban J connectivity index is 2.28. The molecule has 1 unspecified atom stereocenters. The first kappa shape index (κ1) is 16.5. The van der Waals surface area contributed by atoms with Crippen LogP contribution in [0.5, 0.6) is 0 Å². The fourth-order valence-electron chi connectivity index (χ4n) is 1.73. The molecule has 0 heterocycles. The van der Waals surface area contributed by atoms with Gasteiger partial charge in [0.1, 0.15) is 0 Å². The number of carbonyl (C=O) groups is 2. The Morgan fingerprint density at radius 1 is 1.20 bits per heavy atom. The maximum absolute atomic E-state index is 11.6. The molecule has 5 nitrogen and oxygen atoms in total. The summed E-state index contributed by atoms with van der Waals surface area (Å²) in [6.07, 6.45) is 0.751. The molecule has 0 spiro atoms. The van der Waals surface area contributed by atoms with Gasteiger partial charge in [-0.25, -0.2) is 4.79 Å². The topological polar surface area (TPSA) is 70.2 Å². The van der Waals surface area contributed by atoms with Gasteiger partial charge in [0.15, 0.2) is 0 Å². The number of halogens is 1. The summed E-state index contributed by atoms with van der Waals surface area (Å²) in [6, 6.07) is 7.73. The minimum absolute atomic E-state index is 0.0227. The maximum atomic E-state index is 11.6. The predicted octanol–water partition coefficient (Wildman–Crippen LogP) is 1.82. The Morgan fingerprint density at radius 2 is 1.85 bits per heavy atom. The van der Waals surface area contributed by atoms with Gasteiger partial charge in [0, 0.05) is 30.5 Å². The Bertz CT molecular complexity index is 465. The summed E-state index contributed by atoms with van der Waals surface area (Å²) in [5, 5.41) is 8.17. The fourth-order valence-corrected chi connectivity index (χ4v) is 2.18. The normalized spacial score (nSPS) is 11.6. The Kier molecular flexibility index (Phi) is 7.08. The van der Waals surface area contributed by atoms with E-state index in [1.807, 2.05) is 31.2 Å². The highest BCUT2D eigenvalue weighted by Crippen LogP contribution is 2.17. The summed E-state index contributed by atoms with van der Waals surface area (Å²) in [5.41, 5.74) is 1.15. The van der Waals surface area contributed by atoms with E-state index in [4.69, 9.17) is 0 Å². The summed E-state index contributed by atoms with van der Waals surface area (Å²) in [7, 11) is 0. The molecule has 0 saturated carbocycles. The number of rotatable bonds is 6. The van der Waals surface area contributed by atoms with Crippen molar-refractivity contribution in [3.05, 3.63) is 34.3 Å². The van der Waals surface area contributed by atoms with E-state index in [1.54, 1.807) is 0 Å². The molecule has 0 aliphatic heterocycles. The monoisotopic (exact) mass is 341 g/mol. The lowest BCUT2D eigenvalue weighted by Crippen LogP contribution is -2.44. The zero-order chi connectivity index (χ0) is 15.0. The summed E-state index contributed by atoms with van der Waals surface area (Å²) in [5.74, 6) is -0.102. The molecule has 0 aliphatic carbocycles. The molecule has 0 bridgehead atoms. The van der Waals surface area contributed by atoms with Crippen molar-refractivity contribution in [3.63, 3.8) is 0 Å². The highest BCUT2D eigenvalue weighted by atomic mass is 79.9. The molecule has 1 atom stereocenters. The molecular formula is C14H20BrN3O2. The highest BCUT2D eigenvalue weighted by molar-refractivity contribution is 9.10. The standard InChI is InChI=1S/C14H20BrN3O2/c1-10(9-12-5-3-4-6-13(12)15)18-14(20)17-8-7-16-11(2)19/h3-6,10H,7-9H2,1-2H3,(H,16,19)(H2,17,18,20). The number of benzene rings is 1. The number of hydrogen-bond donors (Lipinski definition) is 3. The number of urea groups is 1. The number of nitrogens with one attached hydrogen (secondary N) is 3. The van der Waals surface area contributed by atoms with Crippen molar-refractivity contribution in [2.24, 2.45) is 0 Å². The first-order valence-electron chi connectivity index (χ1n) is 6.51. The van der Waals surface area contributed by atoms with E-state index in [0.29, 0.717) is 13.1 Å². The van der Waals surface area contributed by atoms with Crippen molar-refractivity contribution in [2.45, 2.75) is 26.3 Å². The van der Waals surface area contributed by atoms with Crippen molar-refractivity contribution < 1.29 is 9.59 Å². The smallest absolute Gasteiger partial charge is 0.315 e. The van der Waals surface area contributed by atoms with Gasteiger partial charge in [-0.2, -0.15) is 0 Å². The van der Waals surface area contributed by atoms with Gasteiger partial charge in [-0.05, 0) is 25.0 Å². The lowest BCUT2D eigenvalue weighted by Gasteiger charge is -2.15. The van der Waals surface area contributed by atoms with E-state index < -0.39 is 0 Å². The van der Waals surface area contributed by atoms with Crippen LogP contribution in [0.3, 0.4) is 0 Å². The molecule has 3 N–H and O–H groups in total. The molecule has 0 radical (unpaired) electrons. The summed E-state index contributed by atoms with van der Waals surface area (Å²) in [4.78, 5) is 22.3. The lowest BCUT2D eigenvalue weighted by molar-refractivity contribution is -0.118. The van der Waals surface area contributed by atoms with Crippen molar-refractivity contribution in [3.8, 4) is 0 Å². The van der Waals surface area contributed by atoms with Crippen molar-refractivity contribution in [1.82, 2.24) is 16.0 Å². The lowest BCUT2D eigenvalue weighted by atomic mass is 10.1. The molecule has 1 aromatic carbocycles. The van der Waals surface area contributed by atoms with E-state index in [2.05, 4.69) is 31.9 Å². The van der Waals surface area contributed by atoms with Crippen molar-refractivity contribution >= 4 is 27.9 Å². The molecule has 0 aliphatic rings. The maximum Gasteiger partial charge on any atom is 0.315 e. The third-order valence-corrected chi connectivity index (χ3v) is 3.42. The van der Waals surface area contributed by atoms with Gasteiger partial charge < -0.3 is 16.0 Å². The minimum Gasteiger partial charge on any atom is -0.355 e. The minimum atomic E-state index is -0.227. The van der Waals surface area contributed by atoms with E-state index in [1.165, 1.54) is 6.92 Å². The quantitative estimate of drug-likeness (QED) is 0.690. The van der Waals surface area contributed by atoms with Crippen LogP contribution in [-0.4, -0.2) is 31.1 Å². The van der Waals surface area contributed by atoms with Gasteiger partial charge in [-0.3, -0.25) is 4.79 Å². The van der Waals surface area contributed by atoms with Gasteiger partial charge in [-0.15, -0.1) is 0 Å².